The molecule has 0 aromatic heterocycles. The highest BCUT2D eigenvalue weighted by Crippen LogP contribution is 2.39. The molecule has 3 aromatic carbocycles. The van der Waals surface area contributed by atoms with E-state index < -0.39 is 0 Å². The van der Waals surface area contributed by atoms with Gasteiger partial charge in [-0.15, -0.1) is 0 Å². The first-order valence-electron chi connectivity index (χ1n) is 10.5. The molecule has 2 heteroatoms. The minimum Gasteiger partial charge on any atom is -0.0991 e. The molecule has 0 amide bonds. The van der Waals surface area contributed by atoms with Crippen LogP contribution in [0.25, 0.3) is 0 Å². The minimum absolute atomic E-state index is 0.271. The molecule has 152 valence electrons. The van der Waals surface area contributed by atoms with Gasteiger partial charge in [0.25, 0.3) is 0 Å². The maximum absolute atomic E-state index is 3.75. The van der Waals surface area contributed by atoms with Crippen LogP contribution < -0.4 is 15.9 Å². The molecule has 0 nitrogen and oxygen atoms in total. The number of allylic oxidation sites excluding steroid dienone is 4. The Kier molecular flexibility index (Phi) is 9.81. The van der Waals surface area contributed by atoms with Crippen molar-refractivity contribution in [3.05, 3.63) is 128 Å². The van der Waals surface area contributed by atoms with E-state index in [1.807, 2.05) is 12.2 Å². The summed E-state index contributed by atoms with van der Waals surface area (Å²) in [5.74, 6) is 2.39. The van der Waals surface area contributed by atoms with Crippen molar-refractivity contribution in [2.75, 3.05) is 12.3 Å². The highest BCUT2D eigenvalue weighted by Gasteiger charge is 2.13. The molecular formula is C28H30P2. The zero-order valence-corrected chi connectivity index (χ0v) is 19.3. The lowest BCUT2D eigenvalue weighted by Gasteiger charge is -2.19. The van der Waals surface area contributed by atoms with Crippen LogP contribution in [0.15, 0.2) is 128 Å². The number of rotatable bonds is 11. The quantitative estimate of drug-likeness (QED) is 0.176. The summed E-state index contributed by atoms with van der Waals surface area (Å²) in [6.07, 6.45) is 13.1. The van der Waals surface area contributed by atoms with E-state index in [0.29, 0.717) is 0 Å². The highest BCUT2D eigenvalue weighted by molar-refractivity contribution is 7.73. The molecule has 0 saturated carbocycles. The fourth-order valence-corrected chi connectivity index (χ4v) is 7.81. The number of unbranched alkanes of at least 4 members (excludes halogenated alkanes) is 1. The first kappa shape index (κ1) is 22.4. The van der Waals surface area contributed by atoms with Crippen molar-refractivity contribution in [3.63, 3.8) is 0 Å². The number of hydrogen-bond donors (Lipinski definition) is 0. The molecule has 1 atom stereocenters. The van der Waals surface area contributed by atoms with Gasteiger partial charge >= 0.3 is 0 Å². The third-order valence-electron chi connectivity index (χ3n) is 4.88. The summed E-state index contributed by atoms with van der Waals surface area (Å²) in [7, 11) is -0.556. The van der Waals surface area contributed by atoms with Gasteiger partial charge in [-0.3, -0.25) is 0 Å². The maximum atomic E-state index is 3.75. The molecule has 0 saturated heterocycles. The average Bonchev–Trinajstić information content (AvgIpc) is 2.82. The number of benzene rings is 3. The Labute approximate surface area is 184 Å². The van der Waals surface area contributed by atoms with E-state index in [0.717, 1.165) is 0 Å². The molecule has 0 aliphatic rings. The highest BCUT2D eigenvalue weighted by atomic mass is 31.1. The van der Waals surface area contributed by atoms with Crippen LogP contribution in [0.1, 0.15) is 12.8 Å². The maximum Gasteiger partial charge on any atom is -0.0195 e. The summed E-state index contributed by atoms with van der Waals surface area (Å²) in [6, 6.07) is 33.0. The fraction of sp³-hybridized carbons (Fsp3) is 0.143. The summed E-state index contributed by atoms with van der Waals surface area (Å²) in [4.78, 5) is 0. The number of hydrogen-bond acceptors (Lipinski definition) is 0. The van der Waals surface area contributed by atoms with Crippen molar-refractivity contribution in [3.8, 4) is 0 Å². The first-order valence-corrected chi connectivity index (χ1v) is 13.7. The monoisotopic (exact) mass is 428 g/mol. The zero-order chi connectivity index (χ0) is 20.9. The van der Waals surface area contributed by atoms with Crippen molar-refractivity contribution in [2.24, 2.45) is 0 Å². The Morgan fingerprint density at radius 3 is 1.60 bits per heavy atom. The Bertz CT molecular complexity index is 875. The van der Waals surface area contributed by atoms with E-state index in [1.54, 1.807) is 0 Å². The molecule has 3 rings (SSSR count). The van der Waals surface area contributed by atoms with Gasteiger partial charge in [0.1, 0.15) is 0 Å². The smallest absolute Gasteiger partial charge is 0.0195 e. The van der Waals surface area contributed by atoms with Crippen LogP contribution in [-0.4, -0.2) is 12.3 Å². The molecule has 0 spiro atoms. The van der Waals surface area contributed by atoms with Gasteiger partial charge in [0.05, 0.1) is 0 Å². The Morgan fingerprint density at radius 2 is 1.07 bits per heavy atom. The minimum atomic E-state index is -0.285. The average molecular weight is 428 g/mol. The van der Waals surface area contributed by atoms with Gasteiger partial charge in [0.15, 0.2) is 0 Å². The summed E-state index contributed by atoms with van der Waals surface area (Å²) < 4.78 is 0. The molecular weight excluding hydrogens is 398 g/mol. The molecule has 3 aromatic rings. The van der Waals surface area contributed by atoms with Crippen LogP contribution >= 0.6 is 15.8 Å². The third kappa shape index (κ3) is 7.21. The predicted octanol–water partition coefficient (Wildman–Crippen LogP) is 6.96. The van der Waals surface area contributed by atoms with Crippen LogP contribution in [0.4, 0.5) is 0 Å². The molecule has 0 fully saturated rings. The second-order valence-electron chi connectivity index (χ2n) is 7.02. The van der Waals surface area contributed by atoms with E-state index >= 15 is 0 Å². The summed E-state index contributed by atoms with van der Waals surface area (Å²) >= 11 is 0. The van der Waals surface area contributed by atoms with Crippen LogP contribution in [-0.2, 0) is 0 Å². The summed E-state index contributed by atoms with van der Waals surface area (Å²) in [5.41, 5.74) is 0. The Balaban J connectivity index is 1.64. The van der Waals surface area contributed by atoms with Crippen LogP contribution in [0.3, 0.4) is 0 Å². The standard InChI is InChI=1S/C28H30P2/c1-2-3-4-14-23-29(26-17-8-5-9-18-26)24-15-16-25-30(27-19-10-6-11-20-27)28-21-12-7-13-22-28/h2-14,17-23H,1,15-16,24-25H2/b4-3-,23-14+. The fourth-order valence-electron chi connectivity index (χ4n) is 3.38. The molecule has 0 N–H and O–H groups in total. The van der Waals surface area contributed by atoms with Crippen LogP contribution in [0.5, 0.6) is 0 Å². The van der Waals surface area contributed by atoms with Gasteiger partial charge in [-0.05, 0) is 49.0 Å². The van der Waals surface area contributed by atoms with Crippen molar-refractivity contribution in [2.45, 2.75) is 12.8 Å². The normalized spacial score (nSPS) is 12.6. The molecule has 0 bridgehead atoms. The van der Waals surface area contributed by atoms with Gasteiger partial charge in [-0.2, -0.15) is 0 Å². The van der Waals surface area contributed by atoms with Gasteiger partial charge in [-0.25, -0.2) is 0 Å². The van der Waals surface area contributed by atoms with Gasteiger partial charge in [0, 0.05) is 0 Å². The van der Waals surface area contributed by atoms with E-state index in [-0.39, 0.29) is 15.8 Å². The predicted molar refractivity (Wildman–Crippen MR) is 140 cm³/mol. The van der Waals surface area contributed by atoms with Crippen molar-refractivity contribution in [1.82, 2.24) is 0 Å². The summed E-state index contributed by atoms with van der Waals surface area (Å²) in [5, 5.41) is 4.43. The van der Waals surface area contributed by atoms with Gasteiger partial charge < -0.3 is 0 Å². The third-order valence-corrected chi connectivity index (χ3v) is 9.78. The topological polar surface area (TPSA) is 0 Å². The zero-order valence-electron chi connectivity index (χ0n) is 17.5. The second-order valence-corrected chi connectivity index (χ2v) is 11.6. The van der Waals surface area contributed by atoms with Crippen LogP contribution in [0, 0.1) is 0 Å². The van der Waals surface area contributed by atoms with Crippen LogP contribution in [0.2, 0.25) is 0 Å². The molecule has 30 heavy (non-hydrogen) atoms. The van der Waals surface area contributed by atoms with E-state index in [4.69, 9.17) is 0 Å². The second kappa shape index (κ2) is 13.1. The molecule has 0 radical (unpaired) electrons. The SMILES string of the molecule is C=C/C=C\C=C\P(CCCCP(c1ccccc1)c1ccccc1)c1ccccc1. The van der Waals surface area contributed by atoms with E-state index in [1.165, 1.54) is 41.1 Å². The molecule has 1 unspecified atom stereocenters. The molecule has 0 aliphatic carbocycles. The van der Waals surface area contributed by atoms with E-state index in [9.17, 15) is 0 Å². The lowest BCUT2D eigenvalue weighted by atomic mass is 10.4. The molecule has 0 aliphatic heterocycles. The Morgan fingerprint density at radius 1 is 0.567 bits per heavy atom. The van der Waals surface area contributed by atoms with Gasteiger partial charge in [-0.1, -0.05) is 136 Å². The van der Waals surface area contributed by atoms with Crippen molar-refractivity contribution < 1.29 is 0 Å². The van der Waals surface area contributed by atoms with Gasteiger partial charge in [0.2, 0.25) is 0 Å². The Hall–Kier alpha value is -2.26. The largest absolute Gasteiger partial charge is 0.0991 e. The lowest BCUT2D eigenvalue weighted by Crippen LogP contribution is -2.14. The van der Waals surface area contributed by atoms with Crippen molar-refractivity contribution in [1.29, 1.82) is 0 Å². The lowest BCUT2D eigenvalue weighted by molar-refractivity contribution is 0.901. The van der Waals surface area contributed by atoms with E-state index in [2.05, 4.69) is 116 Å². The summed E-state index contributed by atoms with van der Waals surface area (Å²) in [6.45, 7) is 3.75. The first-order chi connectivity index (χ1) is 14.9. The molecule has 0 heterocycles. The van der Waals surface area contributed by atoms with Crippen molar-refractivity contribution >= 4 is 31.8 Å².